The van der Waals surface area contributed by atoms with E-state index in [1.165, 1.54) is 6.07 Å². The van der Waals surface area contributed by atoms with Crippen LogP contribution < -0.4 is 21.0 Å². The monoisotopic (exact) mass is 470 g/mol. The highest BCUT2D eigenvalue weighted by Crippen LogP contribution is 2.25. The predicted octanol–water partition coefficient (Wildman–Crippen LogP) is 2.13. The average Bonchev–Trinajstić information content (AvgIpc) is 3.21. The number of imidazole rings is 1. The molecule has 33 heavy (non-hydrogen) atoms. The van der Waals surface area contributed by atoms with Crippen molar-refractivity contribution < 1.29 is 23.8 Å². The second-order valence-corrected chi connectivity index (χ2v) is 7.55. The van der Waals surface area contributed by atoms with Crippen LogP contribution in [0.2, 0.25) is 5.02 Å². The molecule has 2 heterocycles. The van der Waals surface area contributed by atoms with Crippen LogP contribution in [0.3, 0.4) is 0 Å². The summed E-state index contributed by atoms with van der Waals surface area (Å²) >= 11 is 5.91. The summed E-state index contributed by atoms with van der Waals surface area (Å²) < 4.78 is 10.6. The van der Waals surface area contributed by atoms with Gasteiger partial charge < -0.3 is 24.6 Å². The number of aliphatic hydroxyl groups excluding tert-OH is 1. The number of para-hydroxylation sites is 2. The number of aryl methyl sites for hydroxylation is 1. The summed E-state index contributed by atoms with van der Waals surface area (Å²) in [5, 5.41) is 15.1. The van der Waals surface area contributed by atoms with Gasteiger partial charge in [-0.15, -0.1) is 0 Å². The molecule has 2 aromatic carbocycles. The van der Waals surface area contributed by atoms with E-state index in [9.17, 15) is 19.5 Å². The molecule has 4 N–H and O–H groups in total. The summed E-state index contributed by atoms with van der Waals surface area (Å²) in [6.45, 7) is 0.636. The highest BCUT2D eigenvalue weighted by atomic mass is 35.5. The summed E-state index contributed by atoms with van der Waals surface area (Å²) in [4.78, 5) is 43.6. The highest BCUT2D eigenvalue weighted by Gasteiger charge is 2.21. The minimum absolute atomic E-state index is 0.00603. The Balaban J connectivity index is 1.37. The molecule has 1 unspecified atom stereocenters. The van der Waals surface area contributed by atoms with Crippen LogP contribution in [0.25, 0.3) is 22.0 Å². The molecule has 2 aromatic heterocycles. The third kappa shape index (κ3) is 4.81. The molecule has 0 saturated heterocycles. The van der Waals surface area contributed by atoms with Gasteiger partial charge in [-0.2, -0.15) is 0 Å². The third-order valence-corrected chi connectivity index (χ3v) is 5.34. The second kappa shape index (κ2) is 9.31. The number of anilines is 1. The topological polar surface area (TPSA) is 147 Å². The molecule has 0 aliphatic rings. The number of hydrogen-bond donors (Lipinski definition) is 4. The minimum atomic E-state index is -1.21. The molecular weight excluding hydrogens is 452 g/mol. The Morgan fingerprint density at radius 3 is 2.82 bits per heavy atom. The molecule has 11 heteroatoms. The molecule has 0 aliphatic heterocycles. The number of amides is 2. The number of H-pyrrole nitrogens is 1. The summed E-state index contributed by atoms with van der Waals surface area (Å²) in [5.74, 6) is -0.819. The molecule has 0 radical (unpaired) electrons. The van der Waals surface area contributed by atoms with Gasteiger partial charge in [0, 0.05) is 11.5 Å². The minimum Gasteiger partial charge on any atom is -0.484 e. The quantitative estimate of drug-likeness (QED) is 0.302. The van der Waals surface area contributed by atoms with Crippen LogP contribution >= 0.6 is 11.6 Å². The van der Waals surface area contributed by atoms with Crippen molar-refractivity contribution >= 4 is 51.4 Å². The lowest BCUT2D eigenvalue weighted by atomic mass is 10.1. The largest absolute Gasteiger partial charge is 0.484 e. The third-order valence-electron chi connectivity index (χ3n) is 4.90. The van der Waals surface area contributed by atoms with Gasteiger partial charge in [-0.05, 0) is 36.8 Å². The Morgan fingerprint density at radius 1 is 1.27 bits per heavy atom. The first-order valence-corrected chi connectivity index (χ1v) is 10.2. The fourth-order valence-corrected chi connectivity index (χ4v) is 3.34. The fourth-order valence-electron chi connectivity index (χ4n) is 3.20. The van der Waals surface area contributed by atoms with E-state index in [1.807, 2.05) is 12.1 Å². The fraction of sp³-hybridized carbons (Fsp3) is 0.182. The van der Waals surface area contributed by atoms with Gasteiger partial charge in [-0.3, -0.25) is 14.9 Å². The SMILES string of the molecule is Cc1c(Cl)c(=O)oc2cc(OCC(=O)NC(CO)C(=O)Nc3nc4ccccc4[nH]3)ccc12. The first kappa shape index (κ1) is 22.3. The van der Waals surface area contributed by atoms with Crippen LogP contribution in [0, 0.1) is 6.92 Å². The van der Waals surface area contributed by atoms with Gasteiger partial charge in [0.05, 0.1) is 17.6 Å². The van der Waals surface area contributed by atoms with Crippen molar-refractivity contribution in [2.75, 3.05) is 18.5 Å². The standard InChI is InChI=1S/C22H19ClN4O6/c1-11-13-7-6-12(8-17(13)33-21(31)19(11)23)32-10-18(29)24-16(9-28)20(30)27-22-25-14-4-2-3-5-15(14)26-22/h2-8,16,28H,9-10H2,1H3,(H,24,29)(H2,25,26,27,30). The number of carbonyl (C=O) groups excluding carboxylic acids is 2. The van der Waals surface area contributed by atoms with E-state index in [0.717, 1.165) is 5.52 Å². The Bertz CT molecular complexity index is 1380. The van der Waals surface area contributed by atoms with Gasteiger partial charge in [0.2, 0.25) is 5.95 Å². The number of rotatable bonds is 7. The number of aliphatic hydroxyl groups is 1. The molecule has 0 aliphatic carbocycles. The van der Waals surface area contributed by atoms with Gasteiger partial charge >= 0.3 is 5.63 Å². The molecule has 170 valence electrons. The number of aromatic amines is 1. The van der Waals surface area contributed by atoms with E-state index in [4.69, 9.17) is 20.8 Å². The van der Waals surface area contributed by atoms with Crippen molar-refractivity contribution in [3.8, 4) is 5.75 Å². The van der Waals surface area contributed by atoms with Crippen molar-refractivity contribution in [3.05, 3.63) is 63.5 Å². The molecular formula is C22H19ClN4O6. The second-order valence-electron chi connectivity index (χ2n) is 7.17. The molecule has 4 aromatic rings. The van der Waals surface area contributed by atoms with Crippen molar-refractivity contribution in [1.82, 2.24) is 15.3 Å². The lowest BCUT2D eigenvalue weighted by Crippen LogP contribution is -2.47. The van der Waals surface area contributed by atoms with Crippen molar-refractivity contribution in [2.24, 2.45) is 0 Å². The Labute approximate surface area is 191 Å². The van der Waals surface area contributed by atoms with E-state index < -0.39 is 36.7 Å². The summed E-state index contributed by atoms with van der Waals surface area (Å²) in [6.07, 6.45) is 0. The van der Waals surface area contributed by atoms with E-state index in [-0.39, 0.29) is 22.3 Å². The summed E-state index contributed by atoms with van der Waals surface area (Å²) in [5.41, 5.74) is 1.56. The molecule has 10 nitrogen and oxygen atoms in total. The van der Waals surface area contributed by atoms with Crippen LogP contribution in [-0.4, -0.2) is 46.1 Å². The molecule has 0 bridgehead atoms. The number of aromatic nitrogens is 2. The van der Waals surface area contributed by atoms with Crippen molar-refractivity contribution in [3.63, 3.8) is 0 Å². The number of benzene rings is 2. The lowest BCUT2D eigenvalue weighted by Gasteiger charge is -2.15. The average molecular weight is 471 g/mol. The van der Waals surface area contributed by atoms with Gasteiger partial charge in [0.25, 0.3) is 11.8 Å². The zero-order chi connectivity index (χ0) is 23.5. The van der Waals surface area contributed by atoms with Crippen LogP contribution in [0.15, 0.2) is 51.7 Å². The van der Waals surface area contributed by atoms with Crippen LogP contribution in [0.1, 0.15) is 5.56 Å². The number of hydrogen-bond acceptors (Lipinski definition) is 7. The normalized spacial score (nSPS) is 12.0. The zero-order valence-electron chi connectivity index (χ0n) is 17.3. The lowest BCUT2D eigenvalue weighted by molar-refractivity contribution is -0.128. The van der Waals surface area contributed by atoms with Crippen LogP contribution in [0.4, 0.5) is 5.95 Å². The molecule has 0 saturated carbocycles. The van der Waals surface area contributed by atoms with Crippen LogP contribution in [0.5, 0.6) is 5.75 Å². The van der Waals surface area contributed by atoms with E-state index in [0.29, 0.717) is 16.5 Å². The van der Waals surface area contributed by atoms with Gasteiger partial charge in [-0.1, -0.05) is 23.7 Å². The number of fused-ring (bicyclic) bond motifs is 2. The Kier molecular flexibility index (Phi) is 6.29. The summed E-state index contributed by atoms with van der Waals surface area (Å²) in [7, 11) is 0. The molecule has 0 spiro atoms. The molecule has 0 fully saturated rings. The molecule has 2 amide bonds. The first-order chi connectivity index (χ1) is 15.9. The number of nitrogens with zero attached hydrogens (tertiary/aromatic N) is 1. The maximum absolute atomic E-state index is 12.4. The Hall–Kier alpha value is -3.89. The van der Waals surface area contributed by atoms with Crippen molar-refractivity contribution in [2.45, 2.75) is 13.0 Å². The van der Waals surface area contributed by atoms with Gasteiger partial charge in [-0.25, -0.2) is 9.78 Å². The maximum Gasteiger partial charge on any atom is 0.355 e. The highest BCUT2D eigenvalue weighted by molar-refractivity contribution is 6.31. The maximum atomic E-state index is 12.4. The van der Waals surface area contributed by atoms with Crippen LogP contribution in [-0.2, 0) is 9.59 Å². The first-order valence-electron chi connectivity index (χ1n) is 9.87. The van der Waals surface area contributed by atoms with Gasteiger partial charge in [0.15, 0.2) is 6.61 Å². The van der Waals surface area contributed by atoms with Crippen molar-refractivity contribution in [1.29, 1.82) is 0 Å². The van der Waals surface area contributed by atoms with E-state index in [2.05, 4.69) is 20.6 Å². The number of ether oxygens (including phenoxy) is 1. The van der Waals surface area contributed by atoms with Gasteiger partial charge in [0.1, 0.15) is 22.4 Å². The van der Waals surface area contributed by atoms with E-state index in [1.54, 1.807) is 31.2 Å². The number of halogens is 1. The summed E-state index contributed by atoms with van der Waals surface area (Å²) in [6, 6.07) is 10.7. The number of carbonyl (C=O) groups is 2. The smallest absolute Gasteiger partial charge is 0.355 e. The van der Waals surface area contributed by atoms with E-state index >= 15 is 0 Å². The zero-order valence-corrected chi connectivity index (χ0v) is 18.1. The Morgan fingerprint density at radius 2 is 2.06 bits per heavy atom. The molecule has 4 rings (SSSR count). The predicted molar refractivity (Wildman–Crippen MR) is 121 cm³/mol. The molecule has 1 atom stereocenters. The number of nitrogens with one attached hydrogen (secondary N) is 3.